The number of nitrogens with zero attached hydrogens (tertiary/aromatic N) is 2. The number of alkyl halides is 3. The minimum absolute atomic E-state index is 0. The number of hydrogen-bond acceptors (Lipinski definition) is 5. The van der Waals surface area contributed by atoms with Crippen LogP contribution in [0.1, 0.15) is 12.0 Å². The second-order valence-electron chi connectivity index (χ2n) is 5.84. The molecule has 7 nitrogen and oxygen atoms in total. The summed E-state index contributed by atoms with van der Waals surface area (Å²) in [4.78, 5) is 7.72. The molecule has 0 saturated carbocycles. The van der Waals surface area contributed by atoms with E-state index in [1.165, 1.54) is 0 Å². The van der Waals surface area contributed by atoms with Crippen molar-refractivity contribution in [3.8, 4) is 17.4 Å². The number of rotatable bonds is 5. The summed E-state index contributed by atoms with van der Waals surface area (Å²) in [6.45, 7) is 1.50. The molecule has 0 fully saturated rings. The molecule has 0 unspecified atom stereocenters. The molecule has 1 aliphatic rings. The molecule has 11 heteroatoms. The van der Waals surface area contributed by atoms with Crippen molar-refractivity contribution in [1.82, 2.24) is 4.98 Å². The summed E-state index contributed by atoms with van der Waals surface area (Å²) >= 11 is 0. The molecular formula is C18H20F3IN4O3. The first-order valence-electron chi connectivity index (χ1n) is 8.54. The predicted molar refractivity (Wildman–Crippen MR) is 112 cm³/mol. The van der Waals surface area contributed by atoms with Gasteiger partial charge in [-0.05, 0) is 18.2 Å². The van der Waals surface area contributed by atoms with Gasteiger partial charge in [0.1, 0.15) is 6.61 Å². The number of halogens is 4. The van der Waals surface area contributed by atoms with Crippen LogP contribution in [0.4, 0.5) is 18.9 Å². The van der Waals surface area contributed by atoms with Crippen LogP contribution in [0, 0.1) is 0 Å². The Kier molecular flexibility index (Phi) is 8.17. The molecule has 1 aromatic carbocycles. The second kappa shape index (κ2) is 10.4. The third-order valence-corrected chi connectivity index (χ3v) is 3.71. The van der Waals surface area contributed by atoms with Crippen molar-refractivity contribution in [2.45, 2.75) is 12.6 Å². The normalized spacial score (nSPS) is 13.8. The van der Waals surface area contributed by atoms with Gasteiger partial charge in [0.15, 0.2) is 17.5 Å². The van der Waals surface area contributed by atoms with Gasteiger partial charge in [0, 0.05) is 30.4 Å². The highest BCUT2D eigenvalue weighted by molar-refractivity contribution is 14.0. The van der Waals surface area contributed by atoms with E-state index < -0.39 is 11.7 Å². The molecule has 1 aliphatic heterocycles. The van der Waals surface area contributed by atoms with Crippen LogP contribution in [-0.4, -0.2) is 37.3 Å². The van der Waals surface area contributed by atoms with Crippen molar-refractivity contribution in [3.63, 3.8) is 0 Å². The number of guanidine groups is 1. The molecular weight excluding hydrogens is 504 g/mol. The van der Waals surface area contributed by atoms with E-state index in [-0.39, 0.29) is 49.0 Å². The maximum Gasteiger partial charge on any atom is 0.417 e. The van der Waals surface area contributed by atoms with Crippen molar-refractivity contribution < 1.29 is 27.4 Å². The molecule has 29 heavy (non-hydrogen) atoms. The fraction of sp³-hybridized carbons (Fsp3) is 0.333. The van der Waals surface area contributed by atoms with Crippen LogP contribution in [0.3, 0.4) is 0 Å². The fourth-order valence-corrected chi connectivity index (χ4v) is 2.38. The molecule has 0 aliphatic carbocycles. The number of benzene rings is 1. The lowest BCUT2D eigenvalue weighted by atomic mass is 10.3. The summed E-state index contributed by atoms with van der Waals surface area (Å²) in [6.07, 6.45) is -2.89. The van der Waals surface area contributed by atoms with E-state index >= 15 is 0 Å². The standard InChI is InChI=1S/C18H19F3N4O3.HI/c19-18(20,21)12-2-5-16(24-11-12)28-9-6-23-17(22)25-13-3-4-14-15(10-13)27-8-1-7-26-14;/h2-5,10-11H,1,6-9H2,(H3,22,23,25);1H. The molecule has 158 valence electrons. The van der Waals surface area contributed by atoms with Gasteiger partial charge in [-0.2, -0.15) is 13.2 Å². The van der Waals surface area contributed by atoms with Gasteiger partial charge in [0.2, 0.25) is 5.88 Å². The fourth-order valence-electron chi connectivity index (χ4n) is 2.38. The zero-order valence-electron chi connectivity index (χ0n) is 15.2. The molecule has 1 aromatic heterocycles. The van der Waals surface area contributed by atoms with Crippen LogP contribution in [0.5, 0.6) is 17.4 Å². The topological polar surface area (TPSA) is 91.0 Å². The van der Waals surface area contributed by atoms with Gasteiger partial charge in [-0.3, -0.25) is 0 Å². The monoisotopic (exact) mass is 524 g/mol. The molecule has 2 aromatic rings. The SMILES string of the molecule is I.NC(=NCCOc1ccc(C(F)(F)F)cn1)Nc1ccc2c(c1)OCCCO2. The van der Waals surface area contributed by atoms with Crippen LogP contribution in [0.15, 0.2) is 41.5 Å². The number of hydrogen-bond donors (Lipinski definition) is 2. The third-order valence-electron chi connectivity index (χ3n) is 3.71. The summed E-state index contributed by atoms with van der Waals surface area (Å²) in [5.41, 5.74) is 5.69. The van der Waals surface area contributed by atoms with E-state index in [0.717, 1.165) is 24.8 Å². The first kappa shape index (κ1) is 22.8. The van der Waals surface area contributed by atoms with Crippen LogP contribution in [0.2, 0.25) is 0 Å². The van der Waals surface area contributed by atoms with Gasteiger partial charge in [-0.15, -0.1) is 24.0 Å². The minimum atomic E-state index is -4.43. The molecule has 0 spiro atoms. The first-order valence-corrected chi connectivity index (χ1v) is 8.54. The lowest BCUT2D eigenvalue weighted by molar-refractivity contribution is -0.137. The lowest BCUT2D eigenvalue weighted by Gasteiger charge is -2.11. The molecule has 3 rings (SSSR count). The number of fused-ring (bicyclic) bond motifs is 1. The van der Waals surface area contributed by atoms with E-state index in [9.17, 15) is 13.2 Å². The van der Waals surface area contributed by atoms with Crippen LogP contribution in [0.25, 0.3) is 0 Å². The van der Waals surface area contributed by atoms with Crippen molar-refractivity contribution in [2.75, 3.05) is 31.7 Å². The molecule has 0 amide bonds. The Balaban J connectivity index is 0.00000300. The number of pyridine rings is 1. The van der Waals surface area contributed by atoms with Crippen LogP contribution in [-0.2, 0) is 6.18 Å². The van der Waals surface area contributed by atoms with Crippen molar-refractivity contribution in [3.05, 3.63) is 42.1 Å². The third kappa shape index (κ3) is 6.84. The summed E-state index contributed by atoms with van der Waals surface area (Å²) < 4.78 is 53.8. The maximum absolute atomic E-state index is 12.5. The van der Waals surface area contributed by atoms with Gasteiger partial charge < -0.3 is 25.3 Å². The van der Waals surface area contributed by atoms with E-state index in [4.69, 9.17) is 19.9 Å². The van der Waals surface area contributed by atoms with Crippen LogP contribution < -0.4 is 25.3 Å². The average Bonchev–Trinajstić information content (AvgIpc) is 2.90. The number of aromatic nitrogens is 1. The molecule has 0 atom stereocenters. The number of aliphatic imine (C=N–C) groups is 1. The Morgan fingerprint density at radius 3 is 2.62 bits per heavy atom. The number of nitrogens with two attached hydrogens (primary N) is 1. The van der Waals surface area contributed by atoms with E-state index in [1.54, 1.807) is 18.2 Å². The largest absolute Gasteiger partial charge is 0.490 e. The van der Waals surface area contributed by atoms with Gasteiger partial charge in [-0.1, -0.05) is 0 Å². The van der Waals surface area contributed by atoms with E-state index in [2.05, 4.69) is 15.3 Å². The maximum atomic E-state index is 12.5. The molecule has 0 radical (unpaired) electrons. The second-order valence-corrected chi connectivity index (χ2v) is 5.84. The Morgan fingerprint density at radius 2 is 1.93 bits per heavy atom. The molecule has 2 heterocycles. The number of nitrogens with one attached hydrogen (secondary N) is 1. The van der Waals surface area contributed by atoms with Gasteiger partial charge in [0.05, 0.1) is 25.3 Å². The highest BCUT2D eigenvalue weighted by Gasteiger charge is 2.30. The Bertz CT molecular complexity index is 832. The number of ether oxygens (including phenoxy) is 3. The van der Waals surface area contributed by atoms with E-state index in [1.807, 2.05) is 0 Å². The summed E-state index contributed by atoms with van der Waals surface area (Å²) in [6, 6.07) is 7.41. The average molecular weight is 524 g/mol. The van der Waals surface area contributed by atoms with Crippen molar-refractivity contribution in [2.24, 2.45) is 10.7 Å². The van der Waals surface area contributed by atoms with Crippen LogP contribution >= 0.6 is 24.0 Å². The minimum Gasteiger partial charge on any atom is -0.490 e. The Hall–Kier alpha value is -2.44. The molecule has 3 N–H and O–H groups in total. The molecule has 0 bridgehead atoms. The van der Waals surface area contributed by atoms with Gasteiger partial charge >= 0.3 is 6.18 Å². The number of anilines is 1. The predicted octanol–water partition coefficient (Wildman–Crippen LogP) is 3.69. The molecule has 0 saturated heterocycles. The van der Waals surface area contributed by atoms with Gasteiger partial charge in [0.25, 0.3) is 0 Å². The Morgan fingerprint density at radius 1 is 1.17 bits per heavy atom. The van der Waals surface area contributed by atoms with Crippen molar-refractivity contribution in [1.29, 1.82) is 0 Å². The highest BCUT2D eigenvalue weighted by atomic mass is 127. The summed E-state index contributed by atoms with van der Waals surface area (Å²) in [5, 5.41) is 2.93. The highest BCUT2D eigenvalue weighted by Crippen LogP contribution is 2.32. The summed E-state index contributed by atoms with van der Waals surface area (Å²) in [7, 11) is 0. The first-order chi connectivity index (χ1) is 13.4. The van der Waals surface area contributed by atoms with E-state index in [0.29, 0.717) is 30.4 Å². The quantitative estimate of drug-likeness (QED) is 0.269. The zero-order valence-corrected chi connectivity index (χ0v) is 17.6. The summed E-state index contributed by atoms with van der Waals surface area (Å²) in [5.74, 6) is 1.55. The lowest BCUT2D eigenvalue weighted by Crippen LogP contribution is -2.23. The van der Waals surface area contributed by atoms with Crippen molar-refractivity contribution >= 4 is 35.6 Å². The Labute approximate surface area is 182 Å². The smallest absolute Gasteiger partial charge is 0.417 e. The zero-order chi connectivity index (χ0) is 20.0. The van der Waals surface area contributed by atoms with Gasteiger partial charge in [-0.25, -0.2) is 9.98 Å².